The molecule has 26 heavy (non-hydrogen) atoms. The van der Waals surface area contributed by atoms with Crippen LogP contribution in [0.3, 0.4) is 0 Å². The van der Waals surface area contributed by atoms with Crippen LogP contribution in [0.1, 0.15) is 21.5 Å². The molecule has 0 saturated carbocycles. The number of nitrogens with one attached hydrogen (secondary N) is 1. The summed E-state index contributed by atoms with van der Waals surface area (Å²) in [6.45, 7) is 2.90. The highest BCUT2D eigenvalue weighted by atomic mass is 16.6. The van der Waals surface area contributed by atoms with E-state index in [1.54, 1.807) is 38.1 Å². The number of nitrogens with zero attached hydrogens (tertiary/aromatic N) is 1. The van der Waals surface area contributed by atoms with Gasteiger partial charge in [0.1, 0.15) is 0 Å². The van der Waals surface area contributed by atoms with Crippen LogP contribution < -0.4 is 10.1 Å². The number of nitro benzene ring substituents is 1. The molecule has 0 radical (unpaired) electrons. The average molecular weight is 358 g/mol. The maximum Gasteiger partial charge on any atom is 0.338 e. The predicted molar refractivity (Wildman–Crippen MR) is 94.5 cm³/mol. The monoisotopic (exact) mass is 358 g/mol. The standard InChI is InChI=1S/C18H18N2O6/c1-11-6-4-5-7-13(11)18(22)26-10-17(21)19-14-9-16(25-3)15(20(23)24)8-12(14)2/h4-9H,10H2,1-3H3,(H,19,21). The van der Waals surface area contributed by atoms with Crippen LogP contribution >= 0.6 is 0 Å². The molecule has 2 aromatic carbocycles. The molecule has 2 rings (SSSR count). The number of benzene rings is 2. The first kappa shape index (κ1) is 18.9. The van der Waals surface area contributed by atoms with Gasteiger partial charge in [0.05, 0.1) is 17.6 Å². The molecular weight excluding hydrogens is 340 g/mol. The Kier molecular flexibility index (Phi) is 5.90. The first-order valence-electron chi connectivity index (χ1n) is 7.69. The number of methoxy groups -OCH3 is 1. The van der Waals surface area contributed by atoms with Crippen molar-refractivity contribution < 1.29 is 24.0 Å². The number of ether oxygens (including phenoxy) is 2. The topological polar surface area (TPSA) is 108 Å². The van der Waals surface area contributed by atoms with E-state index in [0.717, 1.165) is 5.56 Å². The van der Waals surface area contributed by atoms with Crippen molar-refractivity contribution in [3.63, 3.8) is 0 Å². The molecule has 0 saturated heterocycles. The molecule has 1 N–H and O–H groups in total. The van der Waals surface area contributed by atoms with Gasteiger partial charge in [0.25, 0.3) is 5.91 Å². The smallest absolute Gasteiger partial charge is 0.338 e. The number of carbonyl (C=O) groups is 2. The lowest BCUT2D eigenvalue weighted by atomic mass is 10.1. The molecule has 0 aliphatic carbocycles. The van der Waals surface area contributed by atoms with Gasteiger partial charge >= 0.3 is 11.7 Å². The molecule has 136 valence electrons. The number of aryl methyl sites for hydroxylation is 2. The van der Waals surface area contributed by atoms with Gasteiger partial charge in [0.2, 0.25) is 0 Å². The van der Waals surface area contributed by atoms with Crippen LogP contribution in [0.2, 0.25) is 0 Å². The fourth-order valence-corrected chi connectivity index (χ4v) is 2.31. The zero-order valence-electron chi connectivity index (χ0n) is 14.6. The summed E-state index contributed by atoms with van der Waals surface area (Å²) >= 11 is 0. The van der Waals surface area contributed by atoms with E-state index in [9.17, 15) is 19.7 Å². The van der Waals surface area contributed by atoms with Crippen molar-refractivity contribution in [3.8, 4) is 5.75 Å². The van der Waals surface area contributed by atoms with E-state index in [-0.39, 0.29) is 11.4 Å². The minimum atomic E-state index is -0.601. The van der Waals surface area contributed by atoms with E-state index >= 15 is 0 Å². The van der Waals surface area contributed by atoms with Crippen LogP contribution in [0.15, 0.2) is 36.4 Å². The summed E-state index contributed by atoms with van der Waals surface area (Å²) in [4.78, 5) is 34.5. The first-order valence-corrected chi connectivity index (χ1v) is 7.69. The number of anilines is 1. The van der Waals surface area contributed by atoms with Gasteiger partial charge in [0.15, 0.2) is 12.4 Å². The Morgan fingerprint density at radius 3 is 2.46 bits per heavy atom. The molecule has 8 nitrogen and oxygen atoms in total. The Balaban J connectivity index is 2.05. The lowest BCUT2D eigenvalue weighted by Crippen LogP contribution is -2.21. The summed E-state index contributed by atoms with van der Waals surface area (Å²) in [7, 11) is 1.30. The number of rotatable bonds is 6. The number of esters is 1. The maximum absolute atomic E-state index is 12.0. The summed E-state index contributed by atoms with van der Waals surface area (Å²) < 4.78 is 9.99. The van der Waals surface area contributed by atoms with Gasteiger partial charge in [-0.1, -0.05) is 18.2 Å². The van der Waals surface area contributed by atoms with E-state index in [4.69, 9.17) is 9.47 Å². The molecule has 0 aliphatic heterocycles. The van der Waals surface area contributed by atoms with Gasteiger partial charge in [-0.25, -0.2) is 4.79 Å². The van der Waals surface area contributed by atoms with Crippen molar-refractivity contribution in [2.75, 3.05) is 19.0 Å². The third-order valence-electron chi connectivity index (χ3n) is 3.70. The van der Waals surface area contributed by atoms with Crippen molar-refractivity contribution in [2.45, 2.75) is 13.8 Å². The van der Waals surface area contributed by atoms with Crippen molar-refractivity contribution in [2.24, 2.45) is 0 Å². The number of amides is 1. The highest BCUT2D eigenvalue weighted by Gasteiger charge is 2.19. The normalized spacial score (nSPS) is 10.1. The molecule has 0 aliphatic rings. The number of carbonyl (C=O) groups excluding carboxylic acids is 2. The lowest BCUT2D eigenvalue weighted by molar-refractivity contribution is -0.385. The molecular formula is C18H18N2O6. The summed E-state index contributed by atoms with van der Waals surface area (Å²) in [6.07, 6.45) is 0. The molecule has 0 spiro atoms. The van der Waals surface area contributed by atoms with E-state index in [0.29, 0.717) is 16.8 Å². The van der Waals surface area contributed by atoms with Crippen LogP contribution in [0.4, 0.5) is 11.4 Å². The Morgan fingerprint density at radius 1 is 1.15 bits per heavy atom. The molecule has 1 amide bonds. The highest BCUT2D eigenvalue weighted by Crippen LogP contribution is 2.32. The fraction of sp³-hybridized carbons (Fsp3) is 0.222. The van der Waals surface area contributed by atoms with Crippen LogP contribution in [0, 0.1) is 24.0 Å². The van der Waals surface area contributed by atoms with Crippen molar-refractivity contribution >= 4 is 23.3 Å². The second-order valence-electron chi connectivity index (χ2n) is 5.54. The maximum atomic E-state index is 12.0. The molecule has 0 aromatic heterocycles. The first-order chi connectivity index (χ1) is 12.3. The summed E-state index contributed by atoms with van der Waals surface area (Å²) in [5.74, 6) is -1.14. The second kappa shape index (κ2) is 8.11. The zero-order valence-corrected chi connectivity index (χ0v) is 14.6. The molecule has 8 heteroatoms. The van der Waals surface area contributed by atoms with Gasteiger partial charge < -0.3 is 14.8 Å². The Hall–Kier alpha value is -3.42. The average Bonchev–Trinajstić information content (AvgIpc) is 2.61. The summed E-state index contributed by atoms with van der Waals surface area (Å²) in [6, 6.07) is 9.53. The van der Waals surface area contributed by atoms with E-state index in [1.165, 1.54) is 19.2 Å². The van der Waals surface area contributed by atoms with Crippen LogP contribution in [0.5, 0.6) is 5.75 Å². The minimum Gasteiger partial charge on any atom is -0.490 e. The number of hydrogen-bond donors (Lipinski definition) is 1. The van der Waals surface area contributed by atoms with Crippen molar-refractivity contribution in [3.05, 3.63) is 63.2 Å². The Labute approximate surface area is 149 Å². The minimum absolute atomic E-state index is 0.0211. The molecule has 0 heterocycles. The number of hydrogen-bond acceptors (Lipinski definition) is 6. The van der Waals surface area contributed by atoms with E-state index < -0.39 is 23.4 Å². The van der Waals surface area contributed by atoms with Crippen LogP contribution in [-0.4, -0.2) is 30.5 Å². The van der Waals surface area contributed by atoms with E-state index in [1.807, 2.05) is 0 Å². The Bertz CT molecular complexity index is 863. The SMILES string of the molecule is COc1cc(NC(=O)COC(=O)c2ccccc2C)c(C)cc1[N+](=O)[O-]. The van der Waals surface area contributed by atoms with Gasteiger partial charge in [-0.05, 0) is 31.0 Å². The molecule has 0 unspecified atom stereocenters. The van der Waals surface area contributed by atoms with Crippen molar-refractivity contribution in [1.82, 2.24) is 0 Å². The molecule has 2 aromatic rings. The molecule has 0 fully saturated rings. The van der Waals surface area contributed by atoms with Crippen molar-refractivity contribution in [1.29, 1.82) is 0 Å². The Morgan fingerprint density at radius 2 is 1.85 bits per heavy atom. The van der Waals surface area contributed by atoms with Gasteiger partial charge in [-0.15, -0.1) is 0 Å². The summed E-state index contributed by atoms with van der Waals surface area (Å²) in [5.41, 5.74) is 1.75. The van der Waals surface area contributed by atoms with Gasteiger partial charge in [0, 0.05) is 17.8 Å². The largest absolute Gasteiger partial charge is 0.490 e. The van der Waals surface area contributed by atoms with Gasteiger partial charge in [-0.3, -0.25) is 14.9 Å². The third-order valence-corrected chi connectivity index (χ3v) is 3.70. The van der Waals surface area contributed by atoms with Crippen LogP contribution in [-0.2, 0) is 9.53 Å². The molecule has 0 bridgehead atoms. The fourth-order valence-electron chi connectivity index (χ4n) is 2.31. The quantitative estimate of drug-likeness (QED) is 0.483. The lowest BCUT2D eigenvalue weighted by Gasteiger charge is -2.11. The third kappa shape index (κ3) is 4.35. The van der Waals surface area contributed by atoms with Crippen LogP contribution in [0.25, 0.3) is 0 Å². The molecule has 0 atom stereocenters. The predicted octanol–water partition coefficient (Wildman–Crippen LogP) is 3.02. The highest BCUT2D eigenvalue weighted by molar-refractivity contribution is 5.96. The van der Waals surface area contributed by atoms with E-state index in [2.05, 4.69) is 5.32 Å². The summed E-state index contributed by atoms with van der Waals surface area (Å²) in [5, 5.41) is 13.5. The van der Waals surface area contributed by atoms with Gasteiger partial charge in [-0.2, -0.15) is 0 Å². The zero-order chi connectivity index (χ0) is 19.3. The second-order valence-corrected chi connectivity index (χ2v) is 5.54. The number of nitro groups is 1.